The van der Waals surface area contributed by atoms with Crippen LogP contribution < -0.4 is 25.8 Å². The summed E-state index contributed by atoms with van der Waals surface area (Å²) in [5.41, 5.74) is 2.09. The average molecular weight is 493 g/mol. The number of aromatic amines is 1. The summed E-state index contributed by atoms with van der Waals surface area (Å²) in [6.07, 6.45) is 2.04. The summed E-state index contributed by atoms with van der Waals surface area (Å²) in [7, 11) is 1.64. The zero-order valence-electron chi connectivity index (χ0n) is 19.6. The van der Waals surface area contributed by atoms with E-state index < -0.39 is 0 Å². The van der Waals surface area contributed by atoms with Gasteiger partial charge in [-0.05, 0) is 54.2 Å². The largest absolute Gasteiger partial charge is 0.494 e. The molecule has 4 aromatic rings. The molecule has 2 aromatic carbocycles. The third-order valence-corrected chi connectivity index (χ3v) is 7.79. The van der Waals surface area contributed by atoms with Crippen molar-refractivity contribution >= 4 is 32.7 Å². The molecule has 0 bridgehead atoms. The van der Waals surface area contributed by atoms with E-state index in [4.69, 9.17) is 9.47 Å². The van der Waals surface area contributed by atoms with Gasteiger partial charge in [-0.15, -0.1) is 0 Å². The topological polar surface area (TPSA) is 88.6 Å². The highest BCUT2D eigenvalue weighted by Crippen LogP contribution is 2.44. The Bertz CT molecular complexity index is 1490. The molecule has 0 amide bonds. The predicted molar refractivity (Wildman–Crippen MR) is 139 cm³/mol. The molecule has 35 heavy (non-hydrogen) atoms. The van der Waals surface area contributed by atoms with Crippen LogP contribution in [0, 0.1) is 0 Å². The third-order valence-electron chi connectivity index (χ3n) is 6.91. The van der Waals surface area contributed by atoms with Gasteiger partial charge in [0.15, 0.2) is 5.75 Å². The van der Waals surface area contributed by atoms with Gasteiger partial charge in [0, 0.05) is 44.3 Å². The Morgan fingerprint density at radius 2 is 1.83 bits per heavy atom. The van der Waals surface area contributed by atoms with Gasteiger partial charge in [-0.2, -0.15) is 0 Å². The van der Waals surface area contributed by atoms with Crippen LogP contribution in [0.2, 0.25) is 0 Å². The lowest BCUT2D eigenvalue weighted by molar-refractivity contribution is 0.191. The Hall–Kier alpha value is -3.14. The average Bonchev–Trinajstić information content (AvgIpc) is 3.66. The van der Waals surface area contributed by atoms with E-state index in [0.717, 1.165) is 68.0 Å². The van der Waals surface area contributed by atoms with E-state index in [2.05, 4.69) is 19.2 Å². The minimum Gasteiger partial charge on any atom is -0.494 e. The van der Waals surface area contributed by atoms with Gasteiger partial charge in [-0.1, -0.05) is 12.1 Å². The second-order valence-electron chi connectivity index (χ2n) is 9.15. The van der Waals surface area contributed by atoms with Crippen LogP contribution in [-0.2, 0) is 0 Å². The number of hydrogen-bond acceptors (Lipinski definition) is 7. The van der Waals surface area contributed by atoms with Crippen LogP contribution in [0.5, 0.6) is 11.5 Å². The quantitative estimate of drug-likeness (QED) is 0.412. The van der Waals surface area contributed by atoms with Gasteiger partial charge in [-0.3, -0.25) is 18.9 Å². The number of methoxy groups -OCH3 is 1. The fourth-order valence-electron chi connectivity index (χ4n) is 4.97. The fourth-order valence-corrected chi connectivity index (χ4v) is 5.88. The van der Waals surface area contributed by atoms with Crippen LogP contribution >= 0.6 is 11.5 Å². The van der Waals surface area contributed by atoms with Crippen molar-refractivity contribution in [2.45, 2.75) is 18.9 Å². The van der Waals surface area contributed by atoms with E-state index in [1.54, 1.807) is 7.11 Å². The maximum absolute atomic E-state index is 13.2. The maximum atomic E-state index is 13.2. The van der Waals surface area contributed by atoms with Gasteiger partial charge >= 0.3 is 0 Å². The van der Waals surface area contributed by atoms with Crippen LogP contribution in [-0.4, -0.2) is 60.3 Å². The van der Waals surface area contributed by atoms with E-state index in [1.807, 2.05) is 36.4 Å². The molecule has 0 atom stereocenters. The predicted octanol–water partition coefficient (Wildman–Crippen LogP) is 3.20. The zero-order valence-corrected chi connectivity index (χ0v) is 20.5. The van der Waals surface area contributed by atoms with Crippen molar-refractivity contribution in [3.05, 3.63) is 57.0 Å². The first-order chi connectivity index (χ1) is 17.2. The number of piperazine rings is 1. The molecule has 1 saturated carbocycles. The number of hydrogen-bond donors (Lipinski definition) is 2. The number of nitrogens with one attached hydrogen (secondary N) is 2. The smallest absolute Gasteiger partial charge is 0.271 e. The lowest BCUT2D eigenvalue weighted by Gasteiger charge is -2.26. The van der Waals surface area contributed by atoms with E-state index in [9.17, 15) is 9.59 Å². The number of nitrogens with zero attached hydrogens (tertiary/aromatic N) is 2. The molecule has 9 heteroatoms. The molecule has 2 aromatic heterocycles. The first-order valence-corrected chi connectivity index (χ1v) is 12.9. The van der Waals surface area contributed by atoms with Gasteiger partial charge in [0.2, 0.25) is 5.43 Å². The molecule has 2 N–H and O–H groups in total. The standard InChI is InChI=1S/C26H28N4O4S/c1-33-24-19(16-2-6-18(7-3-16)34-15-14-29-12-10-27-11-13-29)8-9-20-22(24)30(17-4-5-17)26-21(23(20)31)25(32)28-35-26/h2-3,6-9,17,27H,4-5,10-15H2,1H3,(H,28,32). The van der Waals surface area contributed by atoms with Crippen LogP contribution in [0.25, 0.3) is 32.2 Å². The molecular weight excluding hydrogens is 464 g/mol. The van der Waals surface area contributed by atoms with E-state index in [-0.39, 0.29) is 22.4 Å². The summed E-state index contributed by atoms with van der Waals surface area (Å²) in [6, 6.07) is 12.0. The lowest BCUT2D eigenvalue weighted by Crippen LogP contribution is -2.44. The van der Waals surface area contributed by atoms with Gasteiger partial charge < -0.3 is 19.4 Å². The molecule has 1 aliphatic carbocycles. The van der Waals surface area contributed by atoms with Crippen molar-refractivity contribution in [2.24, 2.45) is 0 Å². The number of benzene rings is 2. The number of fused-ring (bicyclic) bond motifs is 2. The first kappa shape index (κ1) is 22.3. The molecule has 1 saturated heterocycles. The van der Waals surface area contributed by atoms with Crippen LogP contribution in [0.3, 0.4) is 0 Å². The Labute approximate surface area is 206 Å². The lowest BCUT2D eigenvalue weighted by atomic mass is 10.0. The minimum absolute atomic E-state index is 0.242. The SMILES string of the molecule is COc1c(-c2ccc(OCCN3CCNCC3)cc2)ccc2c(=O)c3c(=O)[nH]sc3n(C3CC3)c12. The summed E-state index contributed by atoms with van der Waals surface area (Å²) in [5.74, 6) is 1.49. The van der Waals surface area contributed by atoms with Crippen molar-refractivity contribution < 1.29 is 9.47 Å². The highest BCUT2D eigenvalue weighted by molar-refractivity contribution is 7.12. The molecule has 6 rings (SSSR count). The summed E-state index contributed by atoms with van der Waals surface area (Å²) in [4.78, 5) is 28.7. The van der Waals surface area contributed by atoms with Crippen molar-refractivity contribution in [3.63, 3.8) is 0 Å². The van der Waals surface area contributed by atoms with Gasteiger partial charge in [0.25, 0.3) is 5.56 Å². The normalized spacial score (nSPS) is 16.7. The Morgan fingerprint density at radius 3 is 2.54 bits per heavy atom. The zero-order chi connectivity index (χ0) is 23.9. The van der Waals surface area contributed by atoms with Crippen LogP contribution in [0.1, 0.15) is 18.9 Å². The number of H-pyrrole nitrogens is 1. The maximum Gasteiger partial charge on any atom is 0.271 e. The number of pyridine rings is 1. The Balaban J connectivity index is 1.35. The molecule has 2 aliphatic rings. The first-order valence-electron chi connectivity index (χ1n) is 12.1. The fraction of sp³-hybridized carbons (Fsp3) is 0.385. The van der Waals surface area contributed by atoms with Gasteiger partial charge in [-0.25, -0.2) is 0 Å². The van der Waals surface area contributed by atoms with Crippen LogP contribution in [0.4, 0.5) is 0 Å². The summed E-state index contributed by atoms with van der Waals surface area (Å²) in [6.45, 7) is 5.75. The van der Waals surface area contributed by atoms with Gasteiger partial charge in [0.05, 0.1) is 18.0 Å². The highest BCUT2D eigenvalue weighted by Gasteiger charge is 2.30. The Kier molecular flexibility index (Phi) is 5.83. The van der Waals surface area contributed by atoms with Crippen molar-refractivity contribution in [1.29, 1.82) is 0 Å². The number of ether oxygens (including phenoxy) is 2. The van der Waals surface area contributed by atoms with Gasteiger partial charge in [0.1, 0.15) is 22.6 Å². The molecule has 1 aliphatic heterocycles. The summed E-state index contributed by atoms with van der Waals surface area (Å²) in [5, 5.41) is 4.12. The van der Waals surface area contributed by atoms with E-state index in [0.29, 0.717) is 22.6 Å². The molecule has 0 radical (unpaired) electrons. The molecule has 2 fully saturated rings. The minimum atomic E-state index is -0.318. The second-order valence-corrected chi connectivity index (χ2v) is 9.95. The number of rotatable bonds is 7. The molecule has 3 heterocycles. The van der Waals surface area contributed by atoms with E-state index >= 15 is 0 Å². The van der Waals surface area contributed by atoms with Crippen LogP contribution in [0.15, 0.2) is 46.0 Å². The van der Waals surface area contributed by atoms with E-state index in [1.165, 1.54) is 11.5 Å². The highest BCUT2D eigenvalue weighted by atomic mass is 32.1. The monoisotopic (exact) mass is 492 g/mol. The molecule has 0 spiro atoms. The second kappa shape index (κ2) is 9.14. The molecular formula is C26H28N4O4S. The molecule has 0 unspecified atom stereocenters. The third kappa shape index (κ3) is 4.03. The van der Waals surface area contributed by atoms with Crippen molar-refractivity contribution in [1.82, 2.24) is 19.2 Å². The van der Waals surface area contributed by atoms with Crippen molar-refractivity contribution in [2.75, 3.05) is 46.4 Å². The van der Waals surface area contributed by atoms with Crippen molar-refractivity contribution in [3.8, 4) is 22.6 Å². The summed E-state index contributed by atoms with van der Waals surface area (Å²) >= 11 is 1.22. The number of aromatic nitrogens is 2. The summed E-state index contributed by atoms with van der Waals surface area (Å²) < 4.78 is 16.8. The molecule has 182 valence electrons. The molecule has 8 nitrogen and oxygen atoms in total. The Morgan fingerprint density at radius 1 is 1.06 bits per heavy atom.